The molecule has 1 amide bonds. The van der Waals surface area contributed by atoms with Crippen LogP contribution in [-0.2, 0) is 0 Å². The monoisotopic (exact) mass is 407 g/mol. The van der Waals surface area contributed by atoms with Crippen LogP contribution in [0.3, 0.4) is 0 Å². The van der Waals surface area contributed by atoms with Gasteiger partial charge in [0.25, 0.3) is 5.91 Å². The highest BCUT2D eigenvalue weighted by Gasteiger charge is 2.15. The molecule has 3 N–H and O–H groups in total. The number of carbonyl (C=O) groups is 1. The average molecular weight is 408 g/mol. The number of nitriles is 1. The second-order valence-electron chi connectivity index (χ2n) is 6.98. The lowest BCUT2D eigenvalue weighted by molar-refractivity contribution is 0.102. The van der Waals surface area contributed by atoms with Gasteiger partial charge in [-0.05, 0) is 61.2 Å². The molecule has 2 heterocycles. The molecule has 1 atom stereocenters. The van der Waals surface area contributed by atoms with Gasteiger partial charge in [0, 0.05) is 17.8 Å². The minimum Gasteiger partial charge on any atom is -0.321 e. The fraction of sp³-hybridized carbons (Fsp3) is 0.227. The number of aromatic nitrogens is 2. The molecule has 0 spiro atoms. The van der Waals surface area contributed by atoms with Crippen molar-refractivity contribution < 1.29 is 4.79 Å². The Bertz CT molecular complexity index is 1020. The quantitative estimate of drug-likeness (QED) is 0.607. The summed E-state index contributed by atoms with van der Waals surface area (Å²) in [5.41, 5.74) is 4.39. The van der Waals surface area contributed by atoms with Crippen LogP contribution in [0.25, 0.3) is 11.3 Å². The van der Waals surface area contributed by atoms with Crippen LogP contribution in [0, 0.1) is 11.3 Å². The van der Waals surface area contributed by atoms with E-state index in [1.54, 1.807) is 24.3 Å². The maximum absolute atomic E-state index is 12.5. The van der Waals surface area contributed by atoms with Gasteiger partial charge in [0.1, 0.15) is 5.69 Å². The van der Waals surface area contributed by atoms with Gasteiger partial charge in [-0.1, -0.05) is 24.3 Å². The third kappa shape index (κ3) is 4.83. The summed E-state index contributed by atoms with van der Waals surface area (Å²) >= 11 is 0. The Hall–Kier alpha value is -3.14. The number of H-pyrrole nitrogens is 1. The van der Waals surface area contributed by atoms with Gasteiger partial charge in [-0.25, -0.2) is 0 Å². The Labute approximate surface area is 175 Å². The number of hydrogen-bond acceptors (Lipinski definition) is 4. The first-order valence-corrected chi connectivity index (χ1v) is 9.41. The van der Waals surface area contributed by atoms with Crippen LogP contribution >= 0.6 is 12.4 Å². The van der Waals surface area contributed by atoms with Gasteiger partial charge in [-0.2, -0.15) is 10.4 Å². The molecule has 1 fully saturated rings. The molecule has 0 aliphatic carbocycles. The van der Waals surface area contributed by atoms with E-state index in [9.17, 15) is 4.79 Å². The molecule has 1 saturated heterocycles. The summed E-state index contributed by atoms with van der Waals surface area (Å²) in [6.07, 6.45) is 2.39. The zero-order valence-electron chi connectivity index (χ0n) is 15.8. The molecule has 0 radical (unpaired) electrons. The van der Waals surface area contributed by atoms with Crippen LogP contribution < -0.4 is 10.6 Å². The van der Waals surface area contributed by atoms with E-state index in [-0.39, 0.29) is 18.3 Å². The lowest BCUT2D eigenvalue weighted by Crippen LogP contribution is -2.28. The topological polar surface area (TPSA) is 93.6 Å². The van der Waals surface area contributed by atoms with Gasteiger partial charge in [0.05, 0.1) is 17.3 Å². The molecule has 148 valence electrons. The maximum Gasteiger partial charge on any atom is 0.273 e. The molecule has 1 unspecified atom stereocenters. The number of hydrogen-bond donors (Lipinski definition) is 3. The minimum absolute atomic E-state index is 0. The first-order valence-electron chi connectivity index (χ1n) is 9.41. The molecule has 29 heavy (non-hydrogen) atoms. The van der Waals surface area contributed by atoms with Crippen molar-refractivity contribution in [1.82, 2.24) is 15.5 Å². The molecule has 6 nitrogen and oxygen atoms in total. The van der Waals surface area contributed by atoms with Crippen molar-refractivity contribution in [2.24, 2.45) is 0 Å². The second kappa shape index (κ2) is 9.37. The molecule has 0 saturated carbocycles. The molecule has 1 aliphatic heterocycles. The fourth-order valence-corrected chi connectivity index (χ4v) is 3.51. The Balaban J connectivity index is 0.00000240. The van der Waals surface area contributed by atoms with Gasteiger partial charge in [-0.3, -0.25) is 9.89 Å². The van der Waals surface area contributed by atoms with Gasteiger partial charge in [-0.15, -0.1) is 12.4 Å². The molecular formula is C22H22ClN5O. The number of anilines is 1. The number of rotatable bonds is 4. The molecule has 3 aromatic rings. The number of carbonyl (C=O) groups excluding carboxylic acids is 1. The fourth-order valence-electron chi connectivity index (χ4n) is 3.51. The number of halogens is 1. The number of benzene rings is 2. The smallest absolute Gasteiger partial charge is 0.273 e. The molecule has 2 aromatic carbocycles. The summed E-state index contributed by atoms with van der Waals surface area (Å²) in [6.45, 7) is 2.10. The predicted octanol–water partition coefficient (Wildman–Crippen LogP) is 4.09. The Kier molecular flexibility index (Phi) is 6.65. The Morgan fingerprint density at radius 1 is 1.17 bits per heavy atom. The predicted molar refractivity (Wildman–Crippen MR) is 115 cm³/mol. The second-order valence-corrected chi connectivity index (χ2v) is 6.98. The first kappa shape index (κ1) is 20.6. The lowest BCUT2D eigenvalue weighted by Gasteiger charge is -2.23. The van der Waals surface area contributed by atoms with Crippen molar-refractivity contribution in [3.05, 3.63) is 71.4 Å². The van der Waals surface area contributed by atoms with E-state index in [4.69, 9.17) is 5.26 Å². The largest absolute Gasteiger partial charge is 0.321 e. The molecule has 4 rings (SSSR count). The maximum atomic E-state index is 12.5. The average Bonchev–Trinajstić information content (AvgIpc) is 3.25. The SMILES string of the molecule is Cl.N#Cc1cccc(-c2cc(C(=O)Nc3ccc(C4CCCNC4)cc3)[nH]n2)c1. The normalized spacial score (nSPS) is 15.8. The summed E-state index contributed by atoms with van der Waals surface area (Å²) in [4.78, 5) is 12.5. The highest BCUT2D eigenvalue weighted by atomic mass is 35.5. The van der Waals surface area contributed by atoms with E-state index >= 15 is 0 Å². The molecule has 0 bridgehead atoms. The van der Waals surface area contributed by atoms with E-state index in [1.807, 2.05) is 18.2 Å². The number of nitrogens with zero attached hydrogens (tertiary/aromatic N) is 2. The number of aromatic amines is 1. The van der Waals surface area contributed by atoms with Crippen molar-refractivity contribution >= 4 is 24.0 Å². The van der Waals surface area contributed by atoms with Crippen LogP contribution in [0.15, 0.2) is 54.6 Å². The van der Waals surface area contributed by atoms with Crippen molar-refractivity contribution in [1.29, 1.82) is 5.26 Å². The van der Waals surface area contributed by atoms with Gasteiger partial charge in [0.2, 0.25) is 0 Å². The van der Waals surface area contributed by atoms with E-state index in [0.717, 1.165) is 24.3 Å². The highest BCUT2D eigenvalue weighted by Crippen LogP contribution is 2.25. The van der Waals surface area contributed by atoms with Gasteiger partial charge in [0.15, 0.2) is 0 Å². The Morgan fingerprint density at radius 2 is 2.00 bits per heavy atom. The molecular weight excluding hydrogens is 386 g/mol. The minimum atomic E-state index is -0.248. The van der Waals surface area contributed by atoms with Crippen LogP contribution in [0.5, 0.6) is 0 Å². The van der Waals surface area contributed by atoms with E-state index in [1.165, 1.54) is 18.4 Å². The van der Waals surface area contributed by atoms with Crippen LogP contribution in [-0.4, -0.2) is 29.2 Å². The summed E-state index contributed by atoms with van der Waals surface area (Å²) in [7, 11) is 0. The summed E-state index contributed by atoms with van der Waals surface area (Å²) < 4.78 is 0. The third-order valence-corrected chi connectivity index (χ3v) is 5.05. The Morgan fingerprint density at radius 3 is 2.72 bits per heavy atom. The molecule has 1 aromatic heterocycles. The van der Waals surface area contributed by atoms with Crippen molar-refractivity contribution in [3.63, 3.8) is 0 Å². The summed E-state index contributed by atoms with van der Waals surface area (Å²) in [5.74, 6) is 0.292. The van der Waals surface area contributed by atoms with Gasteiger partial charge < -0.3 is 10.6 Å². The van der Waals surface area contributed by atoms with E-state index < -0.39 is 0 Å². The van der Waals surface area contributed by atoms with E-state index in [0.29, 0.717) is 22.9 Å². The lowest BCUT2D eigenvalue weighted by atomic mass is 9.92. The van der Waals surface area contributed by atoms with E-state index in [2.05, 4.69) is 39.0 Å². The molecule has 7 heteroatoms. The number of amides is 1. The van der Waals surface area contributed by atoms with Crippen molar-refractivity contribution in [2.75, 3.05) is 18.4 Å². The van der Waals surface area contributed by atoms with Crippen LogP contribution in [0.4, 0.5) is 5.69 Å². The first-order chi connectivity index (χ1) is 13.7. The zero-order valence-corrected chi connectivity index (χ0v) is 16.6. The summed E-state index contributed by atoms with van der Waals surface area (Å²) in [6, 6.07) is 19.0. The van der Waals surface area contributed by atoms with Crippen molar-refractivity contribution in [3.8, 4) is 17.3 Å². The van der Waals surface area contributed by atoms with Crippen LogP contribution in [0.2, 0.25) is 0 Å². The third-order valence-electron chi connectivity index (χ3n) is 5.05. The van der Waals surface area contributed by atoms with Crippen LogP contribution in [0.1, 0.15) is 40.4 Å². The van der Waals surface area contributed by atoms with Gasteiger partial charge >= 0.3 is 0 Å². The number of nitrogens with one attached hydrogen (secondary N) is 3. The molecule has 1 aliphatic rings. The summed E-state index contributed by atoms with van der Waals surface area (Å²) in [5, 5.41) is 22.3. The highest BCUT2D eigenvalue weighted by molar-refractivity contribution is 6.03. The standard InChI is InChI=1S/C22H21N5O.ClH/c23-13-15-3-1-4-17(11-15)20-12-21(27-26-20)22(28)25-19-8-6-16(7-9-19)18-5-2-10-24-14-18;/h1,3-4,6-9,11-12,18,24H,2,5,10,14H2,(H,25,28)(H,26,27);1H. The van der Waals surface area contributed by atoms with Crippen molar-refractivity contribution in [2.45, 2.75) is 18.8 Å². The zero-order chi connectivity index (χ0) is 19.3. The number of piperidine rings is 1.